The van der Waals surface area contributed by atoms with Crippen LogP contribution in [0.3, 0.4) is 0 Å². The number of aromatic hydroxyl groups is 1. The predicted octanol–water partition coefficient (Wildman–Crippen LogP) is 4.58. The van der Waals surface area contributed by atoms with E-state index in [4.69, 9.17) is 16.9 Å². The summed E-state index contributed by atoms with van der Waals surface area (Å²) in [7, 11) is 0. The standard InChI is InChI=1S/C15H9ClF3N3O2/c16-10-5-4-9(15(17,18)19)6-12(10)22-14(24)21-11-3-1-2-8(7-20)13(11)23/h1-6,23H,(H2,21,22,24). The molecular formula is C15H9ClF3N3O2. The number of alkyl halides is 3. The second kappa shape index (κ2) is 6.68. The second-order valence-corrected chi connectivity index (χ2v) is 4.99. The summed E-state index contributed by atoms with van der Waals surface area (Å²) in [6.07, 6.45) is -4.59. The van der Waals surface area contributed by atoms with Gasteiger partial charge in [-0.15, -0.1) is 0 Å². The van der Waals surface area contributed by atoms with Crippen LogP contribution < -0.4 is 10.6 Å². The number of amides is 2. The molecule has 0 atom stereocenters. The molecule has 2 aromatic rings. The summed E-state index contributed by atoms with van der Waals surface area (Å²) in [4.78, 5) is 11.9. The van der Waals surface area contributed by atoms with Crippen LogP contribution in [0.4, 0.5) is 29.3 Å². The Hall–Kier alpha value is -2.92. The molecule has 2 aromatic carbocycles. The number of para-hydroxylation sites is 1. The number of hydrogen-bond donors (Lipinski definition) is 3. The van der Waals surface area contributed by atoms with Gasteiger partial charge in [0.05, 0.1) is 27.5 Å². The highest BCUT2D eigenvalue weighted by molar-refractivity contribution is 6.33. The summed E-state index contributed by atoms with van der Waals surface area (Å²) >= 11 is 5.77. The van der Waals surface area contributed by atoms with Crippen molar-refractivity contribution in [2.24, 2.45) is 0 Å². The molecule has 0 aliphatic rings. The van der Waals surface area contributed by atoms with Gasteiger partial charge in [-0.2, -0.15) is 18.4 Å². The molecule has 0 aliphatic heterocycles. The first-order valence-corrected chi connectivity index (χ1v) is 6.77. The number of nitriles is 1. The second-order valence-electron chi connectivity index (χ2n) is 4.59. The summed E-state index contributed by atoms with van der Waals surface area (Å²) < 4.78 is 38.1. The molecule has 0 bridgehead atoms. The molecular weight excluding hydrogens is 347 g/mol. The maximum absolute atomic E-state index is 12.7. The van der Waals surface area contributed by atoms with E-state index in [1.54, 1.807) is 6.07 Å². The van der Waals surface area contributed by atoms with Gasteiger partial charge >= 0.3 is 12.2 Å². The van der Waals surface area contributed by atoms with Crippen molar-refractivity contribution in [3.63, 3.8) is 0 Å². The number of anilines is 2. The first-order chi connectivity index (χ1) is 11.2. The lowest BCUT2D eigenvalue weighted by Crippen LogP contribution is -2.20. The van der Waals surface area contributed by atoms with Crippen molar-refractivity contribution in [3.05, 3.63) is 52.5 Å². The zero-order valence-electron chi connectivity index (χ0n) is 11.8. The molecule has 0 heterocycles. The number of nitrogens with zero attached hydrogens (tertiary/aromatic N) is 1. The van der Waals surface area contributed by atoms with Crippen LogP contribution >= 0.6 is 11.6 Å². The molecule has 0 aromatic heterocycles. The van der Waals surface area contributed by atoms with E-state index >= 15 is 0 Å². The van der Waals surface area contributed by atoms with Crippen LogP contribution in [0.5, 0.6) is 5.75 Å². The predicted molar refractivity (Wildman–Crippen MR) is 81.9 cm³/mol. The molecule has 2 rings (SSSR count). The summed E-state index contributed by atoms with van der Waals surface area (Å²) in [6.45, 7) is 0. The number of rotatable bonds is 2. The molecule has 0 unspecified atom stereocenters. The van der Waals surface area contributed by atoms with Crippen molar-refractivity contribution in [1.29, 1.82) is 5.26 Å². The van der Waals surface area contributed by atoms with Gasteiger partial charge in [0, 0.05) is 0 Å². The van der Waals surface area contributed by atoms with Crippen molar-refractivity contribution >= 4 is 29.0 Å². The Balaban J connectivity index is 2.21. The number of hydrogen-bond acceptors (Lipinski definition) is 3. The van der Waals surface area contributed by atoms with Gasteiger partial charge in [0.2, 0.25) is 0 Å². The Labute approximate surface area is 139 Å². The van der Waals surface area contributed by atoms with E-state index in [0.717, 1.165) is 12.1 Å². The number of benzene rings is 2. The first-order valence-electron chi connectivity index (χ1n) is 6.39. The average molecular weight is 356 g/mol. The number of halogens is 4. The maximum atomic E-state index is 12.7. The van der Waals surface area contributed by atoms with E-state index in [-0.39, 0.29) is 22.0 Å². The van der Waals surface area contributed by atoms with E-state index in [0.29, 0.717) is 6.07 Å². The Morgan fingerprint density at radius 2 is 1.83 bits per heavy atom. The van der Waals surface area contributed by atoms with Gasteiger partial charge in [0.15, 0.2) is 5.75 Å². The lowest BCUT2D eigenvalue weighted by Gasteiger charge is -2.13. The largest absolute Gasteiger partial charge is 0.504 e. The molecule has 124 valence electrons. The van der Waals surface area contributed by atoms with Crippen molar-refractivity contribution in [3.8, 4) is 11.8 Å². The molecule has 0 spiro atoms. The van der Waals surface area contributed by atoms with Crippen molar-refractivity contribution in [2.75, 3.05) is 10.6 Å². The molecule has 0 aliphatic carbocycles. The molecule has 0 saturated heterocycles. The molecule has 24 heavy (non-hydrogen) atoms. The highest BCUT2D eigenvalue weighted by Crippen LogP contribution is 2.34. The highest BCUT2D eigenvalue weighted by atomic mass is 35.5. The lowest BCUT2D eigenvalue weighted by molar-refractivity contribution is -0.137. The third-order valence-electron chi connectivity index (χ3n) is 2.95. The fourth-order valence-electron chi connectivity index (χ4n) is 1.81. The number of urea groups is 1. The Morgan fingerprint density at radius 3 is 2.46 bits per heavy atom. The van der Waals surface area contributed by atoms with Crippen LogP contribution in [0, 0.1) is 11.3 Å². The Bertz CT molecular complexity index is 832. The monoisotopic (exact) mass is 355 g/mol. The smallest absolute Gasteiger partial charge is 0.416 e. The minimum absolute atomic E-state index is 0.0649. The number of carbonyl (C=O) groups excluding carboxylic acids is 1. The van der Waals surface area contributed by atoms with E-state index in [9.17, 15) is 23.1 Å². The molecule has 9 heteroatoms. The fraction of sp³-hybridized carbons (Fsp3) is 0.0667. The number of nitrogens with one attached hydrogen (secondary N) is 2. The number of phenols is 1. The Morgan fingerprint density at radius 1 is 1.17 bits per heavy atom. The zero-order chi connectivity index (χ0) is 17.9. The summed E-state index contributed by atoms with van der Waals surface area (Å²) in [6, 6.07) is 7.36. The third kappa shape index (κ3) is 3.88. The van der Waals surface area contributed by atoms with Gasteiger partial charge in [0.25, 0.3) is 0 Å². The van der Waals surface area contributed by atoms with Gasteiger partial charge in [0.1, 0.15) is 6.07 Å². The van der Waals surface area contributed by atoms with E-state index in [1.165, 1.54) is 18.2 Å². The quantitative estimate of drug-likeness (QED) is 0.689. The van der Waals surface area contributed by atoms with Gasteiger partial charge in [-0.25, -0.2) is 4.79 Å². The maximum Gasteiger partial charge on any atom is 0.416 e. The normalized spacial score (nSPS) is 10.8. The third-order valence-corrected chi connectivity index (χ3v) is 3.28. The van der Waals surface area contributed by atoms with Crippen LogP contribution in [0.2, 0.25) is 5.02 Å². The molecule has 2 amide bonds. The van der Waals surface area contributed by atoms with Crippen molar-refractivity contribution in [2.45, 2.75) is 6.18 Å². The van der Waals surface area contributed by atoms with Crippen molar-refractivity contribution < 1.29 is 23.1 Å². The summed E-state index contributed by atoms with van der Waals surface area (Å²) in [5.74, 6) is -0.453. The van der Waals surface area contributed by atoms with Gasteiger partial charge < -0.3 is 15.7 Å². The Kier molecular flexibility index (Phi) is 4.85. The molecule has 0 radical (unpaired) electrons. The minimum Gasteiger partial charge on any atom is -0.504 e. The fourth-order valence-corrected chi connectivity index (χ4v) is 1.97. The molecule has 0 saturated carbocycles. The first kappa shape index (κ1) is 17.4. The number of phenolic OH excluding ortho intramolecular Hbond substituents is 1. The van der Waals surface area contributed by atoms with Gasteiger partial charge in [-0.1, -0.05) is 17.7 Å². The molecule has 5 nitrogen and oxygen atoms in total. The average Bonchev–Trinajstić information content (AvgIpc) is 2.50. The topological polar surface area (TPSA) is 85.2 Å². The zero-order valence-corrected chi connectivity index (χ0v) is 12.5. The SMILES string of the molecule is N#Cc1cccc(NC(=O)Nc2cc(C(F)(F)F)ccc2Cl)c1O. The number of carbonyl (C=O) groups is 1. The highest BCUT2D eigenvalue weighted by Gasteiger charge is 2.31. The van der Waals surface area contributed by atoms with Crippen LogP contribution in [0.25, 0.3) is 0 Å². The van der Waals surface area contributed by atoms with Crippen molar-refractivity contribution in [1.82, 2.24) is 0 Å². The van der Waals surface area contributed by atoms with E-state index in [2.05, 4.69) is 10.6 Å². The van der Waals surface area contributed by atoms with E-state index in [1.807, 2.05) is 0 Å². The van der Waals surface area contributed by atoms with E-state index < -0.39 is 23.5 Å². The van der Waals surface area contributed by atoms with Gasteiger partial charge in [-0.05, 0) is 30.3 Å². The lowest BCUT2D eigenvalue weighted by atomic mass is 10.2. The van der Waals surface area contributed by atoms with Gasteiger partial charge in [-0.3, -0.25) is 0 Å². The summed E-state index contributed by atoms with van der Waals surface area (Å²) in [5.41, 5.74) is -1.36. The van der Waals surface area contributed by atoms with Crippen LogP contribution in [-0.4, -0.2) is 11.1 Å². The van der Waals surface area contributed by atoms with Crippen LogP contribution in [0.15, 0.2) is 36.4 Å². The molecule has 3 N–H and O–H groups in total. The van der Waals surface area contributed by atoms with Crippen LogP contribution in [0.1, 0.15) is 11.1 Å². The molecule has 0 fully saturated rings. The minimum atomic E-state index is -4.59. The summed E-state index contributed by atoms with van der Waals surface area (Å²) in [5, 5.41) is 22.9. The van der Waals surface area contributed by atoms with Crippen LogP contribution in [-0.2, 0) is 6.18 Å².